The molecule has 2 heterocycles. The van der Waals surface area contributed by atoms with Crippen LogP contribution in [0.2, 0.25) is 5.02 Å². The molecule has 0 atom stereocenters. The Morgan fingerprint density at radius 2 is 1.65 bits per heavy atom. The summed E-state index contributed by atoms with van der Waals surface area (Å²) in [4.78, 5) is 12.9. The van der Waals surface area contributed by atoms with Crippen molar-refractivity contribution in [1.82, 2.24) is 9.78 Å². The predicted molar refractivity (Wildman–Crippen MR) is 124 cm³/mol. The number of hydrogen-bond donors (Lipinski definition) is 1. The van der Waals surface area contributed by atoms with Gasteiger partial charge in [-0.1, -0.05) is 41.9 Å². The van der Waals surface area contributed by atoms with Crippen molar-refractivity contribution in [2.75, 3.05) is 5.32 Å². The third-order valence-electron chi connectivity index (χ3n) is 4.96. The third-order valence-corrected chi connectivity index (χ3v) is 6.26. The number of hydrogen-bond acceptors (Lipinski definition) is 4. The van der Waals surface area contributed by atoms with Gasteiger partial charge in [0.2, 0.25) is 0 Å². The molecule has 5 rings (SSSR count). The summed E-state index contributed by atoms with van der Waals surface area (Å²) in [6, 6.07) is 24.3. The average molecular weight is 448 g/mol. The van der Waals surface area contributed by atoms with E-state index >= 15 is 0 Å². The molecule has 1 aliphatic rings. The molecule has 31 heavy (non-hydrogen) atoms. The second-order valence-corrected chi connectivity index (χ2v) is 8.41. The molecule has 0 aliphatic carbocycles. The molecule has 0 saturated heterocycles. The Morgan fingerprint density at radius 1 is 0.935 bits per heavy atom. The number of thioether (sulfide) groups is 1. The first-order chi connectivity index (χ1) is 15.2. The van der Waals surface area contributed by atoms with Crippen LogP contribution < -0.4 is 10.1 Å². The highest BCUT2D eigenvalue weighted by Gasteiger charge is 2.25. The summed E-state index contributed by atoms with van der Waals surface area (Å²) in [6.45, 7) is 0. The molecule has 0 unspecified atom stereocenters. The normalized spacial score (nSPS) is 12.4. The lowest BCUT2D eigenvalue weighted by Gasteiger charge is -2.12. The number of nitrogens with one attached hydrogen (secondary N) is 1. The monoisotopic (exact) mass is 447 g/mol. The van der Waals surface area contributed by atoms with E-state index in [0.29, 0.717) is 16.4 Å². The third kappa shape index (κ3) is 4.04. The second-order valence-electron chi connectivity index (χ2n) is 7.02. The maximum atomic E-state index is 12.9. The van der Waals surface area contributed by atoms with Crippen molar-refractivity contribution in [2.45, 2.75) is 11.5 Å². The smallest absolute Gasteiger partial charge is 0.258 e. The van der Waals surface area contributed by atoms with Gasteiger partial charge in [0, 0.05) is 17.1 Å². The van der Waals surface area contributed by atoms with Crippen molar-refractivity contribution in [1.29, 1.82) is 0 Å². The minimum absolute atomic E-state index is 0.254. The standard InChI is InChI=1S/C24H18ClN3O2S/c25-21-9-5-4-8-19(21)24(29)26-23-20-14-31-15-22(20)27-28(23)16-10-12-18(13-11-16)30-17-6-2-1-3-7-17/h1-13H,14-15H2,(H,26,29). The van der Waals surface area contributed by atoms with Gasteiger partial charge < -0.3 is 10.1 Å². The van der Waals surface area contributed by atoms with Crippen LogP contribution in [0.25, 0.3) is 5.69 Å². The number of amides is 1. The lowest BCUT2D eigenvalue weighted by atomic mass is 10.2. The molecule has 1 N–H and O–H groups in total. The largest absolute Gasteiger partial charge is 0.457 e. The van der Waals surface area contributed by atoms with Gasteiger partial charge >= 0.3 is 0 Å². The van der Waals surface area contributed by atoms with E-state index in [1.54, 1.807) is 40.7 Å². The SMILES string of the molecule is O=C(Nc1c2c(nn1-c1ccc(Oc3ccccc3)cc1)CSC2)c1ccccc1Cl. The fourth-order valence-electron chi connectivity index (χ4n) is 3.43. The number of ether oxygens (including phenoxy) is 1. The minimum atomic E-state index is -0.254. The minimum Gasteiger partial charge on any atom is -0.457 e. The van der Waals surface area contributed by atoms with Crippen LogP contribution in [0.4, 0.5) is 5.82 Å². The molecule has 154 valence electrons. The number of carbonyl (C=O) groups excluding carboxylic acids is 1. The van der Waals surface area contributed by atoms with Gasteiger partial charge in [-0.05, 0) is 48.5 Å². The Hall–Kier alpha value is -3.22. The van der Waals surface area contributed by atoms with Crippen LogP contribution in [0.3, 0.4) is 0 Å². The number of para-hydroxylation sites is 1. The van der Waals surface area contributed by atoms with Crippen LogP contribution in [0.1, 0.15) is 21.6 Å². The van der Waals surface area contributed by atoms with Crippen molar-refractivity contribution in [3.8, 4) is 17.2 Å². The lowest BCUT2D eigenvalue weighted by molar-refractivity contribution is 0.102. The molecular weight excluding hydrogens is 430 g/mol. The number of anilines is 1. The average Bonchev–Trinajstić information content (AvgIpc) is 3.38. The zero-order valence-electron chi connectivity index (χ0n) is 16.4. The van der Waals surface area contributed by atoms with E-state index in [9.17, 15) is 4.79 Å². The number of aromatic nitrogens is 2. The van der Waals surface area contributed by atoms with Gasteiger partial charge in [-0.25, -0.2) is 4.68 Å². The van der Waals surface area contributed by atoms with E-state index in [0.717, 1.165) is 39.9 Å². The zero-order chi connectivity index (χ0) is 21.2. The van der Waals surface area contributed by atoms with Crippen molar-refractivity contribution in [3.05, 3.63) is 101 Å². The highest BCUT2D eigenvalue weighted by molar-refractivity contribution is 7.98. The van der Waals surface area contributed by atoms with Crippen molar-refractivity contribution >= 4 is 35.1 Å². The van der Waals surface area contributed by atoms with Gasteiger partial charge in [-0.15, -0.1) is 0 Å². The second kappa shape index (κ2) is 8.49. The number of halogens is 1. The molecule has 5 nitrogen and oxygen atoms in total. The van der Waals surface area contributed by atoms with Crippen molar-refractivity contribution < 1.29 is 9.53 Å². The predicted octanol–water partition coefficient (Wildman–Crippen LogP) is 6.32. The first-order valence-corrected chi connectivity index (χ1v) is 11.3. The molecule has 0 bridgehead atoms. The Kier molecular flexibility index (Phi) is 5.40. The number of nitrogens with zero attached hydrogens (tertiary/aromatic N) is 2. The number of fused-ring (bicyclic) bond motifs is 1. The van der Waals surface area contributed by atoms with Crippen molar-refractivity contribution in [3.63, 3.8) is 0 Å². The molecule has 3 aromatic carbocycles. The van der Waals surface area contributed by atoms with Crippen molar-refractivity contribution in [2.24, 2.45) is 0 Å². The van der Waals surface area contributed by atoms with Gasteiger partial charge in [-0.2, -0.15) is 16.9 Å². The maximum absolute atomic E-state index is 12.9. The molecule has 0 spiro atoms. The fraction of sp³-hybridized carbons (Fsp3) is 0.0833. The van der Waals surface area contributed by atoms with Crippen LogP contribution in [-0.2, 0) is 11.5 Å². The molecule has 1 amide bonds. The molecule has 4 aromatic rings. The van der Waals surface area contributed by atoms with Gasteiger partial charge in [0.1, 0.15) is 17.3 Å². The van der Waals surface area contributed by atoms with Crippen LogP contribution in [-0.4, -0.2) is 15.7 Å². The van der Waals surface area contributed by atoms with Gasteiger partial charge in [0.25, 0.3) is 5.91 Å². The molecule has 7 heteroatoms. The summed E-state index contributed by atoms with van der Waals surface area (Å²) >= 11 is 8.00. The van der Waals surface area contributed by atoms with Gasteiger partial charge in [0.05, 0.1) is 22.0 Å². The molecule has 0 saturated carbocycles. The van der Waals surface area contributed by atoms with Crippen LogP contribution in [0.15, 0.2) is 78.9 Å². The lowest BCUT2D eigenvalue weighted by Crippen LogP contribution is -2.16. The number of rotatable bonds is 5. The van der Waals surface area contributed by atoms with E-state index in [1.165, 1.54) is 0 Å². The zero-order valence-corrected chi connectivity index (χ0v) is 18.0. The fourth-order valence-corrected chi connectivity index (χ4v) is 4.68. The van der Waals surface area contributed by atoms with Gasteiger partial charge in [-0.3, -0.25) is 4.79 Å². The van der Waals surface area contributed by atoms with E-state index in [-0.39, 0.29) is 5.91 Å². The molecule has 1 aromatic heterocycles. The van der Waals surface area contributed by atoms with E-state index in [1.807, 2.05) is 54.6 Å². The maximum Gasteiger partial charge on any atom is 0.258 e. The van der Waals surface area contributed by atoms with Crippen LogP contribution in [0.5, 0.6) is 11.5 Å². The Labute approximate surface area is 189 Å². The molecule has 0 radical (unpaired) electrons. The molecule has 1 aliphatic heterocycles. The van der Waals surface area contributed by atoms with E-state index in [2.05, 4.69) is 5.32 Å². The Morgan fingerprint density at radius 3 is 2.42 bits per heavy atom. The Balaban J connectivity index is 1.45. The summed E-state index contributed by atoms with van der Waals surface area (Å²) in [5, 5.41) is 8.20. The number of carbonyl (C=O) groups is 1. The molecule has 0 fully saturated rings. The summed E-state index contributed by atoms with van der Waals surface area (Å²) in [6.07, 6.45) is 0. The summed E-state index contributed by atoms with van der Waals surface area (Å²) in [5.74, 6) is 3.57. The summed E-state index contributed by atoms with van der Waals surface area (Å²) < 4.78 is 7.66. The van der Waals surface area contributed by atoms with E-state index < -0.39 is 0 Å². The summed E-state index contributed by atoms with van der Waals surface area (Å²) in [5.41, 5.74) is 3.32. The first kappa shape index (κ1) is 19.7. The van der Waals surface area contributed by atoms with Gasteiger partial charge in [0.15, 0.2) is 0 Å². The number of benzene rings is 3. The van der Waals surface area contributed by atoms with E-state index in [4.69, 9.17) is 21.4 Å². The van der Waals surface area contributed by atoms with Crippen LogP contribution >= 0.6 is 23.4 Å². The highest BCUT2D eigenvalue weighted by atomic mass is 35.5. The van der Waals surface area contributed by atoms with Crippen LogP contribution in [0, 0.1) is 0 Å². The highest BCUT2D eigenvalue weighted by Crippen LogP contribution is 2.36. The topological polar surface area (TPSA) is 56.2 Å². The molecular formula is C24H18ClN3O2S. The quantitative estimate of drug-likeness (QED) is 0.389. The Bertz CT molecular complexity index is 1240. The first-order valence-electron chi connectivity index (χ1n) is 9.77. The summed E-state index contributed by atoms with van der Waals surface area (Å²) in [7, 11) is 0.